The van der Waals surface area contributed by atoms with E-state index in [4.69, 9.17) is 4.74 Å². The first kappa shape index (κ1) is 17.5. The van der Waals surface area contributed by atoms with Gasteiger partial charge in [0.1, 0.15) is 11.4 Å². The van der Waals surface area contributed by atoms with Crippen molar-refractivity contribution < 1.29 is 9.84 Å². The summed E-state index contributed by atoms with van der Waals surface area (Å²) in [7, 11) is 3.54. The summed E-state index contributed by atoms with van der Waals surface area (Å²) in [6.45, 7) is 4.34. The van der Waals surface area contributed by atoms with Crippen molar-refractivity contribution in [3.05, 3.63) is 59.9 Å². The molecule has 25 heavy (non-hydrogen) atoms. The largest absolute Gasteiger partial charge is 0.496 e. The molecule has 2 atom stereocenters. The van der Waals surface area contributed by atoms with E-state index < -0.39 is 5.60 Å². The van der Waals surface area contributed by atoms with Crippen LogP contribution in [0.25, 0.3) is 10.8 Å². The molecule has 5 heteroatoms. The van der Waals surface area contributed by atoms with Gasteiger partial charge in [-0.15, -0.1) is 0 Å². The highest BCUT2D eigenvalue weighted by Crippen LogP contribution is 2.31. The predicted octanol–water partition coefficient (Wildman–Crippen LogP) is 3.14. The van der Waals surface area contributed by atoms with Gasteiger partial charge in [-0.05, 0) is 30.9 Å². The fourth-order valence-corrected chi connectivity index (χ4v) is 3.11. The Morgan fingerprint density at radius 2 is 1.96 bits per heavy atom. The van der Waals surface area contributed by atoms with Gasteiger partial charge in [-0.2, -0.15) is 5.10 Å². The number of nitrogens with one attached hydrogen (secondary N) is 1. The molecule has 1 aromatic heterocycles. The normalized spacial score (nSPS) is 15.1. The Bertz CT molecular complexity index is 870. The van der Waals surface area contributed by atoms with Gasteiger partial charge in [-0.3, -0.25) is 4.68 Å². The van der Waals surface area contributed by atoms with Crippen LogP contribution in [-0.2, 0) is 12.6 Å². The van der Waals surface area contributed by atoms with Gasteiger partial charge >= 0.3 is 0 Å². The minimum Gasteiger partial charge on any atom is -0.496 e. The van der Waals surface area contributed by atoms with Crippen molar-refractivity contribution in [2.24, 2.45) is 7.05 Å². The van der Waals surface area contributed by atoms with E-state index in [0.29, 0.717) is 6.54 Å². The number of fused-ring (bicyclic) bond motifs is 1. The summed E-state index contributed by atoms with van der Waals surface area (Å²) in [5.74, 6) is 0.869. The Morgan fingerprint density at radius 1 is 1.24 bits per heavy atom. The number of benzene rings is 2. The average Bonchev–Trinajstić information content (AvgIpc) is 3.06. The molecular formula is C20H25N3O2. The second-order valence-electron chi connectivity index (χ2n) is 6.68. The van der Waals surface area contributed by atoms with Gasteiger partial charge in [0.05, 0.1) is 13.3 Å². The molecule has 132 valence electrons. The summed E-state index contributed by atoms with van der Waals surface area (Å²) in [6, 6.07) is 12.4. The maximum atomic E-state index is 10.8. The highest BCUT2D eigenvalue weighted by Gasteiger charge is 2.25. The first-order chi connectivity index (χ1) is 11.9. The minimum absolute atomic E-state index is 0.0824. The van der Waals surface area contributed by atoms with Crippen LogP contribution >= 0.6 is 0 Å². The fourth-order valence-electron chi connectivity index (χ4n) is 3.11. The minimum atomic E-state index is -0.981. The smallest absolute Gasteiger partial charge is 0.126 e. The Labute approximate surface area is 148 Å². The first-order valence-electron chi connectivity index (χ1n) is 8.43. The van der Waals surface area contributed by atoms with Crippen molar-refractivity contribution in [2.75, 3.05) is 13.7 Å². The molecule has 2 unspecified atom stereocenters. The summed E-state index contributed by atoms with van der Waals surface area (Å²) < 4.78 is 7.17. The van der Waals surface area contributed by atoms with Crippen LogP contribution in [0.3, 0.4) is 0 Å². The molecule has 1 heterocycles. The van der Waals surface area contributed by atoms with Crippen molar-refractivity contribution >= 4 is 10.8 Å². The van der Waals surface area contributed by atoms with E-state index in [1.165, 1.54) is 5.56 Å². The Hall–Kier alpha value is -2.37. The Morgan fingerprint density at radius 3 is 2.60 bits per heavy atom. The van der Waals surface area contributed by atoms with Gasteiger partial charge in [-0.1, -0.05) is 30.3 Å². The van der Waals surface area contributed by atoms with Crippen molar-refractivity contribution in [3.8, 4) is 5.75 Å². The number of ether oxygens (including phenoxy) is 1. The van der Waals surface area contributed by atoms with Gasteiger partial charge in [0, 0.05) is 36.8 Å². The van der Waals surface area contributed by atoms with E-state index >= 15 is 0 Å². The SMILES string of the molecule is COc1ccc(C(C)NCC(C)(O)c2cnn(C)c2)c2ccccc12. The van der Waals surface area contributed by atoms with E-state index in [1.54, 1.807) is 24.9 Å². The third-order valence-electron chi connectivity index (χ3n) is 4.68. The van der Waals surface area contributed by atoms with E-state index in [2.05, 4.69) is 35.5 Å². The van der Waals surface area contributed by atoms with Crippen LogP contribution < -0.4 is 10.1 Å². The van der Waals surface area contributed by atoms with Crippen LogP contribution in [0.1, 0.15) is 31.0 Å². The van der Waals surface area contributed by atoms with E-state index in [9.17, 15) is 5.11 Å². The van der Waals surface area contributed by atoms with Crippen LogP contribution in [-0.4, -0.2) is 28.5 Å². The lowest BCUT2D eigenvalue weighted by molar-refractivity contribution is 0.0543. The molecule has 0 spiro atoms. The molecule has 0 bridgehead atoms. The molecule has 3 rings (SSSR count). The molecule has 5 nitrogen and oxygen atoms in total. The number of methoxy groups -OCH3 is 1. The molecule has 0 fully saturated rings. The fraction of sp³-hybridized carbons (Fsp3) is 0.350. The highest BCUT2D eigenvalue weighted by molar-refractivity contribution is 5.91. The highest BCUT2D eigenvalue weighted by atomic mass is 16.5. The second kappa shape index (κ2) is 6.86. The molecule has 0 aliphatic heterocycles. The molecule has 0 radical (unpaired) electrons. The maximum absolute atomic E-state index is 10.8. The maximum Gasteiger partial charge on any atom is 0.126 e. The summed E-state index contributed by atoms with van der Waals surface area (Å²) >= 11 is 0. The first-order valence-corrected chi connectivity index (χ1v) is 8.43. The molecule has 0 aliphatic rings. The standard InChI is InChI=1S/C20H25N3O2/c1-14(21-13-20(2,24)15-11-22-23(3)12-15)16-9-10-19(25-4)18-8-6-5-7-17(16)18/h5-12,14,21,24H,13H2,1-4H3. The molecule has 0 amide bonds. The number of rotatable bonds is 6. The van der Waals surface area contributed by atoms with Crippen molar-refractivity contribution in [2.45, 2.75) is 25.5 Å². The molecular weight excluding hydrogens is 314 g/mol. The Balaban J connectivity index is 1.82. The summed E-state index contributed by atoms with van der Waals surface area (Å²) in [6.07, 6.45) is 3.55. The summed E-state index contributed by atoms with van der Waals surface area (Å²) in [5, 5.41) is 20.6. The lowest BCUT2D eigenvalue weighted by atomic mass is 9.96. The number of nitrogens with zero attached hydrogens (tertiary/aromatic N) is 2. The number of aliphatic hydroxyl groups is 1. The number of hydrogen-bond donors (Lipinski definition) is 2. The van der Waals surface area contributed by atoms with E-state index in [1.807, 2.05) is 31.4 Å². The zero-order chi connectivity index (χ0) is 18.0. The van der Waals surface area contributed by atoms with Crippen LogP contribution in [0.2, 0.25) is 0 Å². The van der Waals surface area contributed by atoms with Crippen molar-refractivity contribution in [1.29, 1.82) is 0 Å². The molecule has 0 saturated heterocycles. The number of aryl methyl sites for hydroxylation is 1. The van der Waals surface area contributed by atoms with Crippen molar-refractivity contribution in [3.63, 3.8) is 0 Å². The lowest BCUT2D eigenvalue weighted by Crippen LogP contribution is -2.36. The zero-order valence-electron chi connectivity index (χ0n) is 15.2. The summed E-state index contributed by atoms with van der Waals surface area (Å²) in [4.78, 5) is 0. The van der Waals surface area contributed by atoms with Gasteiger partial charge in [0.2, 0.25) is 0 Å². The molecule has 2 aromatic carbocycles. The van der Waals surface area contributed by atoms with Crippen LogP contribution in [0.5, 0.6) is 5.75 Å². The third-order valence-corrected chi connectivity index (χ3v) is 4.68. The third kappa shape index (κ3) is 3.52. The lowest BCUT2D eigenvalue weighted by Gasteiger charge is -2.26. The van der Waals surface area contributed by atoms with Crippen LogP contribution in [0, 0.1) is 0 Å². The zero-order valence-corrected chi connectivity index (χ0v) is 15.2. The predicted molar refractivity (Wildman–Crippen MR) is 99.7 cm³/mol. The Kier molecular flexibility index (Phi) is 4.79. The number of aromatic nitrogens is 2. The van der Waals surface area contributed by atoms with Gasteiger partial charge in [0.15, 0.2) is 0 Å². The van der Waals surface area contributed by atoms with Crippen molar-refractivity contribution in [1.82, 2.24) is 15.1 Å². The number of hydrogen-bond acceptors (Lipinski definition) is 4. The second-order valence-corrected chi connectivity index (χ2v) is 6.68. The van der Waals surface area contributed by atoms with Gasteiger partial charge in [0.25, 0.3) is 0 Å². The van der Waals surface area contributed by atoms with E-state index in [-0.39, 0.29) is 6.04 Å². The molecule has 0 aliphatic carbocycles. The summed E-state index contributed by atoms with van der Waals surface area (Å²) in [5.41, 5.74) is 0.998. The molecule has 0 saturated carbocycles. The van der Waals surface area contributed by atoms with Gasteiger partial charge in [-0.25, -0.2) is 0 Å². The molecule has 3 aromatic rings. The van der Waals surface area contributed by atoms with Gasteiger partial charge < -0.3 is 15.2 Å². The van der Waals surface area contributed by atoms with Crippen LogP contribution in [0.4, 0.5) is 0 Å². The van der Waals surface area contributed by atoms with E-state index in [0.717, 1.165) is 22.1 Å². The topological polar surface area (TPSA) is 59.3 Å². The molecule has 2 N–H and O–H groups in total. The van der Waals surface area contributed by atoms with Crippen LogP contribution in [0.15, 0.2) is 48.8 Å². The average molecular weight is 339 g/mol. The monoisotopic (exact) mass is 339 g/mol. The quantitative estimate of drug-likeness (QED) is 0.724.